The van der Waals surface area contributed by atoms with E-state index in [-0.39, 0.29) is 18.4 Å². The summed E-state index contributed by atoms with van der Waals surface area (Å²) in [5.41, 5.74) is 1.29. The second kappa shape index (κ2) is 8.30. The first-order valence-corrected chi connectivity index (χ1v) is 8.17. The fraction of sp³-hybridized carbons (Fsp3) is 0.611. The van der Waals surface area contributed by atoms with Crippen molar-refractivity contribution in [2.24, 2.45) is 11.8 Å². The fourth-order valence-corrected chi connectivity index (χ4v) is 3.27. The maximum atomic E-state index is 12.4. The third-order valence-corrected chi connectivity index (χ3v) is 4.46. The van der Waals surface area contributed by atoms with E-state index >= 15 is 0 Å². The summed E-state index contributed by atoms with van der Waals surface area (Å²) in [6.45, 7) is 2.60. The van der Waals surface area contributed by atoms with Crippen LogP contribution < -0.4 is 0 Å². The zero-order valence-corrected chi connectivity index (χ0v) is 13.7. The Bertz CT molecular complexity index is 461. The van der Waals surface area contributed by atoms with E-state index in [1.807, 2.05) is 37.2 Å². The highest BCUT2D eigenvalue weighted by atomic mass is 16.3. The number of amides is 1. The lowest BCUT2D eigenvalue weighted by Gasteiger charge is -2.20. The minimum Gasteiger partial charge on any atom is -0.396 e. The highest BCUT2D eigenvalue weighted by Gasteiger charge is 2.34. The SMILES string of the molecule is CN(C)CC1CN(C(=O)CCCc2ccccc2)CC1CO. The van der Waals surface area contributed by atoms with Crippen molar-refractivity contribution in [1.29, 1.82) is 0 Å². The minimum atomic E-state index is 0.173. The third kappa shape index (κ3) is 4.82. The Morgan fingerprint density at radius 3 is 2.55 bits per heavy atom. The van der Waals surface area contributed by atoms with Gasteiger partial charge in [-0.05, 0) is 38.4 Å². The number of rotatable bonds is 7. The molecule has 1 aliphatic rings. The molecule has 4 heteroatoms. The van der Waals surface area contributed by atoms with E-state index in [0.29, 0.717) is 18.9 Å². The predicted octanol–water partition coefficient (Wildman–Crippen LogP) is 1.64. The van der Waals surface area contributed by atoms with Gasteiger partial charge in [0.25, 0.3) is 0 Å². The number of aliphatic hydroxyl groups excluding tert-OH is 1. The van der Waals surface area contributed by atoms with E-state index in [1.165, 1.54) is 5.56 Å². The zero-order chi connectivity index (χ0) is 15.9. The Morgan fingerprint density at radius 2 is 1.91 bits per heavy atom. The molecule has 22 heavy (non-hydrogen) atoms. The number of aliphatic hydroxyl groups is 1. The Balaban J connectivity index is 1.78. The van der Waals surface area contributed by atoms with Gasteiger partial charge < -0.3 is 14.9 Å². The van der Waals surface area contributed by atoms with E-state index in [4.69, 9.17) is 0 Å². The van der Waals surface area contributed by atoms with Crippen LogP contribution in [-0.2, 0) is 11.2 Å². The third-order valence-electron chi connectivity index (χ3n) is 4.46. The van der Waals surface area contributed by atoms with E-state index in [9.17, 15) is 9.90 Å². The lowest BCUT2D eigenvalue weighted by atomic mass is 9.97. The average Bonchev–Trinajstić information content (AvgIpc) is 2.90. The van der Waals surface area contributed by atoms with Crippen molar-refractivity contribution in [3.05, 3.63) is 35.9 Å². The molecule has 122 valence electrons. The molecule has 0 radical (unpaired) electrons. The highest BCUT2D eigenvalue weighted by Crippen LogP contribution is 2.24. The topological polar surface area (TPSA) is 43.8 Å². The first-order valence-electron chi connectivity index (χ1n) is 8.17. The molecule has 1 heterocycles. The fourth-order valence-electron chi connectivity index (χ4n) is 3.27. The first-order chi connectivity index (χ1) is 10.6. The Kier molecular flexibility index (Phi) is 6.40. The maximum absolute atomic E-state index is 12.4. The van der Waals surface area contributed by atoms with Gasteiger partial charge in [0.15, 0.2) is 0 Å². The van der Waals surface area contributed by atoms with Crippen molar-refractivity contribution in [2.45, 2.75) is 19.3 Å². The van der Waals surface area contributed by atoms with Crippen LogP contribution in [0.1, 0.15) is 18.4 Å². The lowest BCUT2D eigenvalue weighted by Crippen LogP contribution is -2.30. The van der Waals surface area contributed by atoms with Crippen LogP contribution in [0.3, 0.4) is 0 Å². The van der Waals surface area contributed by atoms with Crippen molar-refractivity contribution in [3.8, 4) is 0 Å². The Labute approximate surface area is 133 Å². The summed E-state index contributed by atoms with van der Waals surface area (Å²) in [5, 5.41) is 9.52. The monoisotopic (exact) mass is 304 g/mol. The zero-order valence-electron chi connectivity index (χ0n) is 13.7. The van der Waals surface area contributed by atoms with Crippen LogP contribution in [0.25, 0.3) is 0 Å². The molecule has 2 rings (SSSR count). The number of hydrogen-bond donors (Lipinski definition) is 1. The number of hydrogen-bond acceptors (Lipinski definition) is 3. The van der Waals surface area contributed by atoms with Gasteiger partial charge in [0.1, 0.15) is 0 Å². The summed E-state index contributed by atoms with van der Waals surface area (Å²) in [4.78, 5) is 16.4. The summed E-state index contributed by atoms with van der Waals surface area (Å²) in [7, 11) is 4.08. The maximum Gasteiger partial charge on any atom is 0.222 e. The van der Waals surface area contributed by atoms with Crippen molar-refractivity contribution in [1.82, 2.24) is 9.80 Å². The van der Waals surface area contributed by atoms with Crippen LogP contribution in [0.2, 0.25) is 0 Å². The smallest absolute Gasteiger partial charge is 0.222 e. The van der Waals surface area contributed by atoms with Gasteiger partial charge in [0.2, 0.25) is 5.91 Å². The molecule has 1 aromatic carbocycles. The standard InChI is InChI=1S/C18H28N2O2/c1-19(2)11-16-12-20(13-17(16)14-21)18(22)10-6-9-15-7-4-3-5-8-15/h3-5,7-8,16-17,21H,6,9-14H2,1-2H3. The normalized spacial score (nSPS) is 21.5. The molecule has 2 unspecified atom stereocenters. The van der Waals surface area contributed by atoms with Gasteiger partial charge in [-0.1, -0.05) is 30.3 Å². The molecule has 1 aromatic rings. The number of carbonyl (C=O) groups is 1. The minimum absolute atomic E-state index is 0.173. The van der Waals surface area contributed by atoms with Crippen LogP contribution in [0, 0.1) is 11.8 Å². The van der Waals surface area contributed by atoms with Crippen LogP contribution in [0.15, 0.2) is 30.3 Å². The van der Waals surface area contributed by atoms with Crippen LogP contribution in [-0.4, -0.2) is 61.2 Å². The molecule has 1 N–H and O–H groups in total. The molecule has 0 bridgehead atoms. The Morgan fingerprint density at radius 1 is 1.23 bits per heavy atom. The van der Waals surface area contributed by atoms with Crippen molar-refractivity contribution < 1.29 is 9.90 Å². The molecule has 4 nitrogen and oxygen atoms in total. The van der Waals surface area contributed by atoms with E-state index in [0.717, 1.165) is 25.9 Å². The van der Waals surface area contributed by atoms with E-state index in [2.05, 4.69) is 17.0 Å². The van der Waals surface area contributed by atoms with Gasteiger partial charge in [0, 0.05) is 38.6 Å². The number of carbonyl (C=O) groups excluding carboxylic acids is 1. The molecule has 0 aliphatic carbocycles. The number of nitrogens with zero attached hydrogens (tertiary/aromatic N) is 2. The molecule has 1 saturated heterocycles. The van der Waals surface area contributed by atoms with Gasteiger partial charge >= 0.3 is 0 Å². The summed E-state index contributed by atoms with van der Waals surface area (Å²) in [5.74, 6) is 0.842. The van der Waals surface area contributed by atoms with Gasteiger partial charge in [-0.15, -0.1) is 0 Å². The van der Waals surface area contributed by atoms with Gasteiger partial charge in [-0.2, -0.15) is 0 Å². The van der Waals surface area contributed by atoms with Crippen LogP contribution in [0.5, 0.6) is 0 Å². The molecule has 0 aromatic heterocycles. The molecule has 1 fully saturated rings. The van der Waals surface area contributed by atoms with Gasteiger partial charge in [0.05, 0.1) is 0 Å². The summed E-state index contributed by atoms with van der Waals surface area (Å²) < 4.78 is 0. The molecule has 1 aliphatic heterocycles. The second-order valence-corrected chi connectivity index (χ2v) is 6.60. The predicted molar refractivity (Wildman–Crippen MR) is 88.6 cm³/mol. The summed E-state index contributed by atoms with van der Waals surface area (Å²) in [6.07, 6.45) is 2.44. The molecule has 0 saturated carbocycles. The van der Waals surface area contributed by atoms with E-state index < -0.39 is 0 Å². The highest BCUT2D eigenvalue weighted by molar-refractivity contribution is 5.76. The molecule has 0 spiro atoms. The molecule has 1 amide bonds. The van der Waals surface area contributed by atoms with Crippen molar-refractivity contribution >= 4 is 5.91 Å². The van der Waals surface area contributed by atoms with Crippen LogP contribution in [0.4, 0.5) is 0 Å². The van der Waals surface area contributed by atoms with Gasteiger partial charge in [-0.3, -0.25) is 4.79 Å². The lowest BCUT2D eigenvalue weighted by molar-refractivity contribution is -0.130. The number of likely N-dealkylation sites (tertiary alicyclic amines) is 1. The molecule has 2 atom stereocenters. The quantitative estimate of drug-likeness (QED) is 0.833. The second-order valence-electron chi connectivity index (χ2n) is 6.60. The van der Waals surface area contributed by atoms with Gasteiger partial charge in [-0.25, -0.2) is 0 Å². The Hall–Kier alpha value is -1.39. The van der Waals surface area contributed by atoms with Crippen molar-refractivity contribution in [2.75, 3.05) is 40.3 Å². The average molecular weight is 304 g/mol. The molecular weight excluding hydrogens is 276 g/mol. The first kappa shape index (κ1) is 17.0. The number of aryl methyl sites for hydroxylation is 1. The van der Waals surface area contributed by atoms with E-state index in [1.54, 1.807) is 0 Å². The number of benzene rings is 1. The summed E-state index contributed by atoms with van der Waals surface area (Å²) >= 11 is 0. The van der Waals surface area contributed by atoms with Crippen LogP contribution >= 0.6 is 0 Å². The van der Waals surface area contributed by atoms with Crippen molar-refractivity contribution in [3.63, 3.8) is 0 Å². The summed E-state index contributed by atoms with van der Waals surface area (Å²) in [6, 6.07) is 10.3. The molecular formula is C18H28N2O2. The largest absolute Gasteiger partial charge is 0.396 e.